The maximum Gasteiger partial charge on any atom is 0.0366 e. The van der Waals surface area contributed by atoms with E-state index in [-0.39, 0.29) is 49.6 Å². The van der Waals surface area contributed by atoms with Gasteiger partial charge in [0, 0.05) is 31.0 Å². The van der Waals surface area contributed by atoms with E-state index in [9.17, 15) is 0 Å². The normalized spacial score (nSPS) is 9.69. The van der Waals surface area contributed by atoms with Gasteiger partial charge in [-0.2, -0.15) is 0 Å². The lowest BCUT2D eigenvalue weighted by Crippen LogP contribution is -2.27. The van der Waals surface area contributed by atoms with Crippen LogP contribution in [0.4, 0.5) is 11.4 Å². The zero-order chi connectivity index (χ0) is 22.5. The van der Waals surface area contributed by atoms with Crippen LogP contribution in [0, 0.1) is 0 Å². The molecule has 0 atom stereocenters. The Kier molecular flexibility index (Phi) is 31.6. The van der Waals surface area contributed by atoms with E-state index in [1.54, 1.807) is 0 Å². The fraction of sp³-hybridized carbons (Fsp3) is 0.571. The molecule has 0 aromatic heterocycles. The zero-order valence-electron chi connectivity index (χ0n) is 22.0. The summed E-state index contributed by atoms with van der Waals surface area (Å²) in [4.78, 5) is 2.46. The van der Waals surface area contributed by atoms with E-state index in [0.29, 0.717) is 0 Å². The number of hydrogen-bond donors (Lipinski definition) is 3. The first-order valence-corrected chi connectivity index (χ1v) is 12.9. The summed E-state index contributed by atoms with van der Waals surface area (Å²) >= 11 is 0. The summed E-state index contributed by atoms with van der Waals surface area (Å²) in [5, 5.41) is 10.7. The average molecular weight is 585 g/mol. The highest BCUT2D eigenvalue weighted by atomic mass is 35.5. The molecule has 0 fully saturated rings. The van der Waals surface area contributed by atoms with Gasteiger partial charge in [-0.15, -0.1) is 49.6 Å². The summed E-state index contributed by atoms with van der Waals surface area (Å²) in [6, 6.07) is 21.2. The first kappa shape index (κ1) is 39.6. The zero-order valence-corrected chi connectivity index (χ0v) is 25.2. The molecule has 2 aromatic carbocycles. The molecular weight excluding hydrogens is 534 g/mol. The summed E-state index contributed by atoms with van der Waals surface area (Å²) in [7, 11) is 0. The Hall–Kier alpha value is -0.880. The second kappa shape index (κ2) is 28.7. The highest BCUT2D eigenvalue weighted by Gasteiger charge is 2.02. The standard InChI is InChI=1S/C28H46N4.4ClH/c1-2-32(28-19-11-8-12-20-28)26-16-24-30-22-14-6-4-3-5-13-21-29-23-15-25-31-27-17-9-7-10-18-27;;;;/h7-12,17-20,29-31H,2-6,13-16,21-26H2,1H3;4*1H. The molecule has 0 saturated heterocycles. The second-order valence-corrected chi connectivity index (χ2v) is 8.54. The van der Waals surface area contributed by atoms with E-state index >= 15 is 0 Å². The molecule has 4 nitrogen and oxygen atoms in total. The highest BCUT2D eigenvalue weighted by molar-refractivity contribution is 5.86. The molecule has 0 aliphatic carbocycles. The van der Waals surface area contributed by atoms with Crippen LogP contribution in [0.2, 0.25) is 0 Å². The van der Waals surface area contributed by atoms with Crippen molar-refractivity contribution >= 4 is 61.0 Å². The highest BCUT2D eigenvalue weighted by Crippen LogP contribution is 2.12. The number of nitrogens with one attached hydrogen (secondary N) is 3. The number of hydrogen-bond acceptors (Lipinski definition) is 4. The van der Waals surface area contributed by atoms with Crippen LogP contribution in [0.1, 0.15) is 58.3 Å². The minimum absolute atomic E-state index is 0. The topological polar surface area (TPSA) is 39.3 Å². The first-order chi connectivity index (χ1) is 15.9. The van der Waals surface area contributed by atoms with Crippen molar-refractivity contribution in [2.75, 3.05) is 56.0 Å². The maximum atomic E-state index is 3.62. The minimum Gasteiger partial charge on any atom is -0.385 e. The predicted octanol–water partition coefficient (Wildman–Crippen LogP) is 7.61. The van der Waals surface area contributed by atoms with Crippen LogP contribution in [-0.4, -0.2) is 45.8 Å². The lowest BCUT2D eigenvalue weighted by atomic mass is 10.1. The van der Waals surface area contributed by atoms with Crippen LogP contribution in [0.3, 0.4) is 0 Å². The molecule has 3 N–H and O–H groups in total. The Morgan fingerprint density at radius 2 is 1.00 bits per heavy atom. The summed E-state index contributed by atoms with van der Waals surface area (Å²) in [5.41, 5.74) is 2.55. The molecule has 0 unspecified atom stereocenters. The monoisotopic (exact) mass is 582 g/mol. The van der Waals surface area contributed by atoms with Crippen molar-refractivity contribution in [3.05, 3.63) is 60.7 Å². The number of unbranched alkanes of at least 4 members (excludes halogenated alkanes) is 5. The van der Waals surface area contributed by atoms with Gasteiger partial charge in [0.05, 0.1) is 0 Å². The third kappa shape index (κ3) is 20.2. The lowest BCUT2D eigenvalue weighted by molar-refractivity contribution is 0.544. The van der Waals surface area contributed by atoms with Crippen LogP contribution < -0.4 is 20.9 Å². The van der Waals surface area contributed by atoms with Gasteiger partial charge >= 0.3 is 0 Å². The number of rotatable bonds is 20. The molecule has 0 aliphatic heterocycles. The molecule has 0 amide bonds. The Balaban J connectivity index is -0.00000272. The molecule has 2 aromatic rings. The predicted molar refractivity (Wildman–Crippen MR) is 171 cm³/mol. The first-order valence-electron chi connectivity index (χ1n) is 12.9. The van der Waals surface area contributed by atoms with Gasteiger partial charge in [-0.05, 0) is 83.1 Å². The summed E-state index contributed by atoms with van der Waals surface area (Å²) in [6.07, 6.45) is 10.5. The number of anilines is 2. The molecule has 0 saturated carbocycles. The number of benzene rings is 2. The molecule has 0 heterocycles. The SMILES string of the molecule is CCN(CCCNCCCCCCCCNCCCNc1ccccc1)c1ccccc1.Cl.Cl.Cl.Cl. The molecule has 0 bridgehead atoms. The summed E-state index contributed by atoms with van der Waals surface area (Å²) < 4.78 is 0. The minimum atomic E-state index is 0. The molecular formula is C28H50Cl4N4. The molecule has 8 heteroatoms. The van der Waals surface area contributed by atoms with Crippen molar-refractivity contribution in [1.82, 2.24) is 10.6 Å². The Morgan fingerprint density at radius 1 is 0.528 bits per heavy atom. The van der Waals surface area contributed by atoms with Gasteiger partial charge < -0.3 is 20.9 Å². The van der Waals surface area contributed by atoms with E-state index < -0.39 is 0 Å². The number of nitrogens with zero attached hydrogens (tertiary/aromatic N) is 1. The molecule has 36 heavy (non-hydrogen) atoms. The van der Waals surface area contributed by atoms with Crippen LogP contribution >= 0.6 is 49.6 Å². The molecule has 210 valence electrons. The van der Waals surface area contributed by atoms with E-state index in [2.05, 4.69) is 88.4 Å². The van der Waals surface area contributed by atoms with Crippen LogP contribution in [0.5, 0.6) is 0 Å². The maximum absolute atomic E-state index is 3.62. The summed E-state index contributed by atoms with van der Waals surface area (Å²) in [6.45, 7) is 10.0. The molecule has 0 spiro atoms. The second-order valence-electron chi connectivity index (χ2n) is 8.54. The summed E-state index contributed by atoms with van der Waals surface area (Å²) in [5.74, 6) is 0. The molecule has 0 aliphatic rings. The van der Waals surface area contributed by atoms with E-state index in [1.807, 2.05) is 0 Å². The third-order valence-corrected chi connectivity index (χ3v) is 5.87. The fourth-order valence-corrected chi connectivity index (χ4v) is 3.96. The molecule has 0 radical (unpaired) electrons. The number of halogens is 4. The van der Waals surface area contributed by atoms with E-state index in [1.165, 1.54) is 62.7 Å². The van der Waals surface area contributed by atoms with Gasteiger partial charge in [-0.25, -0.2) is 0 Å². The Labute approximate surface area is 245 Å². The smallest absolute Gasteiger partial charge is 0.0366 e. The van der Waals surface area contributed by atoms with Crippen LogP contribution in [0.25, 0.3) is 0 Å². The Morgan fingerprint density at radius 3 is 1.56 bits per heavy atom. The van der Waals surface area contributed by atoms with Gasteiger partial charge in [0.25, 0.3) is 0 Å². The van der Waals surface area contributed by atoms with Crippen molar-refractivity contribution in [3.8, 4) is 0 Å². The van der Waals surface area contributed by atoms with Gasteiger partial charge in [-0.3, -0.25) is 0 Å². The van der Waals surface area contributed by atoms with E-state index in [0.717, 1.165) is 45.8 Å². The van der Waals surface area contributed by atoms with Crippen molar-refractivity contribution in [3.63, 3.8) is 0 Å². The fourth-order valence-electron chi connectivity index (χ4n) is 3.96. The van der Waals surface area contributed by atoms with Crippen LogP contribution in [0.15, 0.2) is 60.7 Å². The Bertz CT molecular complexity index is 665. The van der Waals surface area contributed by atoms with Crippen molar-refractivity contribution in [2.24, 2.45) is 0 Å². The van der Waals surface area contributed by atoms with Crippen molar-refractivity contribution in [1.29, 1.82) is 0 Å². The molecule has 2 rings (SSSR count). The van der Waals surface area contributed by atoms with Gasteiger partial charge in [-0.1, -0.05) is 62.1 Å². The largest absolute Gasteiger partial charge is 0.385 e. The average Bonchev–Trinajstić information content (AvgIpc) is 2.84. The van der Waals surface area contributed by atoms with Crippen molar-refractivity contribution < 1.29 is 0 Å². The van der Waals surface area contributed by atoms with Gasteiger partial charge in [0.2, 0.25) is 0 Å². The van der Waals surface area contributed by atoms with Gasteiger partial charge in [0.1, 0.15) is 0 Å². The van der Waals surface area contributed by atoms with Crippen molar-refractivity contribution in [2.45, 2.75) is 58.3 Å². The van der Waals surface area contributed by atoms with Crippen LogP contribution in [-0.2, 0) is 0 Å². The van der Waals surface area contributed by atoms with E-state index in [4.69, 9.17) is 0 Å². The van der Waals surface area contributed by atoms with Gasteiger partial charge in [0.15, 0.2) is 0 Å². The lowest BCUT2D eigenvalue weighted by Gasteiger charge is -2.23. The number of para-hydroxylation sites is 2. The third-order valence-electron chi connectivity index (χ3n) is 5.87. The quantitative estimate of drug-likeness (QED) is 0.140.